The van der Waals surface area contributed by atoms with Gasteiger partial charge in [0, 0.05) is 19.3 Å². The summed E-state index contributed by atoms with van der Waals surface area (Å²) in [6, 6.07) is 0. The van der Waals surface area contributed by atoms with Crippen LogP contribution in [0, 0.1) is 17.8 Å². The molecular formula is C70H136O6. The van der Waals surface area contributed by atoms with Gasteiger partial charge in [-0.1, -0.05) is 356 Å². The molecule has 0 aromatic carbocycles. The summed E-state index contributed by atoms with van der Waals surface area (Å²) in [6.07, 6.45) is 68.1. The summed E-state index contributed by atoms with van der Waals surface area (Å²) in [5.74, 6) is 1.82. The summed E-state index contributed by atoms with van der Waals surface area (Å²) in [5, 5.41) is 0. The zero-order chi connectivity index (χ0) is 55.5. The number of carbonyl (C=O) groups excluding carboxylic acids is 3. The molecule has 0 fully saturated rings. The normalized spacial score (nSPS) is 12.8. The molecule has 0 saturated heterocycles. The van der Waals surface area contributed by atoms with E-state index in [2.05, 4.69) is 41.5 Å². The fraction of sp³-hybridized carbons (Fsp3) is 0.957. The molecule has 0 aliphatic carbocycles. The van der Waals surface area contributed by atoms with Crippen LogP contribution in [-0.4, -0.2) is 37.2 Å². The number of esters is 3. The average molecular weight is 1070 g/mol. The first-order valence-corrected chi connectivity index (χ1v) is 34.7. The lowest BCUT2D eigenvalue weighted by atomic mass is 9.99. The lowest BCUT2D eigenvalue weighted by molar-refractivity contribution is -0.167. The van der Waals surface area contributed by atoms with Gasteiger partial charge in [-0.2, -0.15) is 0 Å². The minimum Gasteiger partial charge on any atom is -0.462 e. The van der Waals surface area contributed by atoms with Crippen molar-refractivity contribution in [3.05, 3.63) is 0 Å². The number of hydrogen-bond acceptors (Lipinski definition) is 6. The Morgan fingerprint density at radius 1 is 0.263 bits per heavy atom. The highest BCUT2D eigenvalue weighted by atomic mass is 16.6. The van der Waals surface area contributed by atoms with Crippen LogP contribution in [0.2, 0.25) is 0 Å². The predicted molar refractivity (Wildman–Crippen MR) is 330 cm³/mol. The third kappa shape index (κ3) is 60.1. The van der Waals surface area contributed by atoms with Crippen LogP contribution in [0.15, 0.2) is 0 Å². The molecule has 0 amide bonds. The molecule has 0 radical (unpaired) electrons. The number of ether oxygens (including phenoxy) is 3. The molecule has 0 heterocycles. The van der Waals surface area contributed by atoms with Gasteiger partial charge in [-0.3, -0.25) is 14.4 Å². The summed E-state index contributed by atoms with van der Waals surface area (Å²) in [4.78, 5) is 38.4. The molecule has 0 aromatic rings. The highest BCUT2D eigenvalue weighted by Gasteiger charge is 2.20. The molecule has 452 valence electrons. The number of carbonyl (C=O) groups is 3. The van der Waals surface area contributed by atoms with Gasteiger partial charge in [-0.25, -0.2) is 0 Å². The van der Waals surface area contributed by atoms with Crippen molar-refractivity contribution >= 4 is 17.9 Å². The molecule has 6 heteroatoms. The van der Waals surface area contributed by atoms with E-state index < -0.39 is 6.10 Å². The molecule has 0 rings (SSSR count). The Hall–Kier alpha value is -1.59. The second-order valence-electron chi connectivity index (χ2n) is 25.1. The van der Waals surface area contributed by atoms with E-state index in [1.165, 1.54) is 276 Å². The number of hydrogen-bond donors (Lipinski definition) is 0. The maximum absolute atomic E-state index is 13.0. The standard InChI is InChI=1S/C70H136O6/c1-7-65(5)57-51-45-39-33-27-21-15-11-9-10-12-16-25-31-37-43-49-55-61-70(73)76-67(62-74-68(71)59-53-47-41-35-29-23-17-13-14-20-26-32-38-44-50-56-64(3)4)63-75-69(72)60-54-48-42-36-30-24-19-18-22-28-34-40-46-52-58-66(6)8-2/h64-67H,7-63H2,1-6H3/t65?,66?,67-/m1/s1. The minimum absolute atomic E-state index is 0.0620. The molecule has 0 aliphatic rings. The van der Waals surface area contributed by atoms with Crippen molar-refractivity contribution in [3.8, 4) is 0 Å². The first-order valence-electron chi connectivity index (χ1n) is 34.7. The number of unbranched alkanes of at least 4 members (excludes halogenated alkanes) is 44. The van der Waals surface area contributed by atoms with E-state index in [4.69, 9.17) is 14.2 Å². The van der Waals surface area contributed by atoms with Crippen LogP contribution >= 0.6 is 0 Å². The van der Waals surface area contributed by atoms with Crippen molar-refractivity contribution < 1.29 is 28.6 Å². The quantitative estimate of drug-likeness (QED) is 0.0343. The van der Waals surface area contributed by atoms with E-state index >= 15 is 0 Å². The van der Waals surface area contributed by atoms with E-state index in [0.717, 1.165) is 75.5 Å². The molecular weight excluding hydrogens is 937 g/mol. The fourth-order valence-electron chi connectivity index (χ4n) is 10.9. The zero-order valence-electron chi connectivity index (χ0n) is 52.6. The molecule has 0 N–H and O–H groups in total. The van der Waals surface area contributed by atoms with Gasteiger partial charge in [-0.15, -0.1) is 0 Å². The van der Waals surface area contributed by atoms with Crippen molar-refractivity contribution in [2.24, 2.45) is 17.8 Å². The van der Waals surface area contributed by atoms with Crippen LogP contribution in [0.3, 0.4) is 0 Å². The summed E-state index contributed by atoms with van der Waals surface area (Å²) >= 11 is 0. The lowest BCUT2D eigenvalue weighted by Crippen LogP contribution is -2.30. The van der Waals surface area contributed by atoms with Gasteiger partial charge in [0.1, 0.15) is 13.2 Å². The predicted octanol–water partition coefficient (Wildman–Crippen LogP) is 23.4. The van der Waals surface area contributed by atoms with Crippen LogP contribution in [0.25, 0.3) is 0 Å². The molecule has 2 unspecified atom stereocenters. The third-order valence-electron chi connectivity index (χ3n) is 16.9. The Morgan fingerprint density at radius 2 is 0.461 bits per heavy atom. The molecule has 3 atom stereocenters. The summed E-state index contributed by atoms with van der Waals surface area (Å²) in [7, 11) is 0. The Labute approximate surface area is 476 Å². The van der Waals surface area contributed by atoms with Gasteiger partial charge in [0.15, 0.2) is 6.10 Å². The van der Waals surface area contributed by atoms with Crippen LogP contribution in [0.4, 0.5) is 0 Å². The van der Waals surface area contributed by atoms with Crippen molar-refractivity contribution in [1.82, 2.24) is 0 Å². The van der Waals surface area contributed by atoms with Crippen LogP contribution in [0.1, 0.15) is 395 Å². The van der Waals surface area contributed by atoms with Crippen molar-refractivity contribution in [3.63, 3.8) is 0 Å². The maximum atomic E-state index is 13.0. The summed E-state index contributed by atoms with van der Waals surface area (Å²) in [5.41, 5.74) is 0. The van der Waals surface area contributed by atoms with Gasteiger partial charge >= 0.3 is 17.9 Å². The van der Waals surface area contributed by atoms with Gasteiger partial charge in [0.05, 0.1) is 0 Å². The lowest BCUT2D eigenvalue weighted by Gasteiger charge is -2.18. The molecule has 0 spiro atoms. The minimum atomic E-state index is -0.765. The highest BCUT2D eigenvalue weighted by molar-refractivity contribution is 5.71. The van der Waals surface area contributed by atoms with E-state index in [0.29, 0.717) is 19.3 Å². The van der Waals surface area contributed by atoms with E-state index in [1.54, 1.807) is 0 Å². The maximum Gasteiger partial charge on any atom is 0.306 e. The SMILES string of the molecule is CCC(C)CCCCCCCCCCCCCCCCCCCCC(=O)O[C@H](COC(=O)CCCCCCCCCCCCCCCCCC(C)C)COC(=O)CCCCCCCCCCCCCCCCC(C)CC. The molecule has 0 bridgehead atoms. The molecule has 0 saturated carbocycles. The first-order chi connectivity index (χ1) is 37.2. The van der Waals surface area contributed by atoms with E-state index in [1.807, 2.05) is 0 Å². The highest BCUT2D eigenvalue weighted by Crippen LogP contribution is 2.20. The van der Waals surface area contributed by atoms with Crippen LogP contribution in [-0.2, 0) is 28.6 Å². The Balaban J connectivity index is 4.29. The first kappa shape index (κ1) is 74.4. The molecule has 0 aromatic heterocycles. The van der Waals surface area contributed by atoms with Gasteiger partial charge in [-0.05, 0) is 37.0 Å². The van der Waals surface area contributed by atoms with Gasteiger partial charge in [0.2, 0.25) is 0 Å². The van der Waals surface area contributed by atoms with Gasteiger partial charge < -0.3 is 14.2 Å². The van der Waals surface area contributed by atoms with Crippen LogP contribution < -0.4 is 0 Å². The third-order valence-corrected chi connectivity index (χ3v) is 16.9. The van der Waals surface area contributed by atoms with Crippen molar-refractivity contribution in [2.75, 3.05) is 13.2 Å². The van der Waals surface area contributed by atoms with Crippen molar-refractivity contribution in [2.45, 2.75) is 401 Å². The topological polar surface area (TPSA) is 78.9 Å². The summed E-state index contributed by atoms with van der Waals surface area (Å²) in [6.45, 7) is 13.9. The Kier molecular flexibility index (Phi) is 59.8. The van der Waals surface area contributed by atoms with E-state index in [-0.39, 0.29) is 31.1 Å². The molecule has 76 heavy (non-hydrogen) atoms. The van der Waals surface area contributed by atoms with Crippen LogP contribution in [0.5, 0.6) is 0 Å². The molecule has 0 aliphatic heterocycles. The fourth-order valence-corrected chi connectivity index (χ4v) is 10.9. The van der Waals surface area contributed by atoms with Gasteiger partial charge in [0.25, 0.3) is 0 Å². The number of rotatable bonds is 63. The largest absolute Gasteiger partial charge is 0.462 e. The zero-order valence-corrected chi connectivity index (χ0v) is 52.6. The monoisotopic (exact) mass is 1070 g/mol. The Bertz CT molecular complexity index is 1180. The molecule has 6 nitrogen and oxygen atoms in total. The van der Waals surface area contributed by atoms with E-state index in [9.17, 15) is 14.4 Å². The Morgan fingerprint density at radius 3 is 0.684 bits per heavy atom. The second kappa shape index (κ2) is 61.0. The smallest absolute Gasteiger partial charge is 0.306 e. The second-order valence-corrected chi connectivity index (χ2v) is 25.1. The summed E-state index contributed by atoms with van der Waals surface area (Å²) < 4.78 is 17.0. The average Bonchev–Trinajstić information content (AvgIpc) is 3.41. The van der Waals surface area contributed by atoms with Crippen molar-refractivity contribution in [1.29, 1.82) is 0 Å².